The number of carbonyl (C=O) groups excluding carboxylic acids is 1. The minimum absolute atomic E-state index is 0.146. The second kappa shape index (κ2) is 10.1. The zero-order chi connectivity index (χ0) is 29.6. The van der Waals surface area contributed by atoms with E-state index in [4.69, 9.17) is 0 Å². The number of halogens is 8. The van der Waals surface area contributed by atoms with E-state index in [0.717, 1.165) is 24.3 Å². The van der Waals surface area contributed by atoms with Crippen LogP contribution in [-0.2, 0) is 31.5 Å². The average molecular weight is 593 g/mol. The molecule has 4 rings (SSSR count). The summed E-state index contributed by atoms with van der Waals surface area (Å²) >= 11 is 0. The third kappa shape index (κ3) is 4.90. The molecule has 1 amide bonds. The molecule has 1 atom stereocenters. The zero-order valence-electron chi connectivity index (χ0n) is 20.2. The third-order valence-electron chi connectivity index (χ3n) is 6.78. The number of aromatic nitrogens is 2. The van der Waals surface area contributed by atoms with Crippen molar-refractivity contribution in [3.8, 4) is 0 Å². The lowest BCUT2D eigenvalue weighted by Crippen LogP contribution is -2.50. The van der Waals surface area contributed by atoms with Gasteiger partial charge in [0.1, 0.15) is 16.9 Å². The van der Waals surface area contributed by atoms with Crippen molar-refractivity contribution in [2.45, 2.75) is 40.5 Å². The average Bonchev–Trinajstić information content (AvgIpc) is 3.36. The molecule has 1 fully saturated rings. The fraction of sp³-hybridized carbons (Fsp3) is 0.320. The van der Waals surface area contributed by atoms with E-state index < -0.39 is 61.3 Å². The molecule has 0 aliphatic carbocycles. The molecule has 2 aromatic carbocycles. The van der Waals surface area contributed by atoms with Crippen LogP contribution >= 0.6 is 0 Å². The first-order valence-corrected chi connectivity index (χ1v) is 13.0. The molecule has 0 N–H and O–H groups in total. The molecular weight excluding hydrogens is 574 g/mol. The number of alkyl halides is 7. The van der Waals surface area contributed by atoms with Gasteiger partial charge in [0.25, 0.3) is 0 Å². The van der Waals surface area contributed by atoms with Crippen LogP contribution in [0.15, 0.2) is 72.1 Å². The Labute approximate surface area is 222 Å². The van der Waals surface area contributed by atoms with Gasteiger partial charge in [0.2, 0.25) is 5.91 Å². The molecule has 0 saturated carbocycles. The fourth-order valence-electron chi connectivity index (χ4n) is 4.64. The summed E-state index contributed by atoms with van der Waals surface area (Å²) in [4.78, 5) is 21.3. The summed E-state index contributed by atoms with van der Waals surface area (Å²) in [5, 5.41) is 0. The zero-order valence-corrected chi connectivity index (χ0v) is 21.0. The molecule has 2 heterocycles. The summed E-state index contributed by atoms with van der Waals surface area (Å²) in [7, 11) is -4.54. The van der Waals surface area contributed by atoms with E-state index in [9.17, 15) is 48.3 Å². The highest BCUT2D eigenvalue weighted by Gasteiger charge is 2.73. The normalized spacial score (nSPS) is 18.6. The van der Waals surface area contributed by atoms with E-state index in [-0.39, 0.29) is 37.1 Å². The second-order valence-electron chi connectivity index (χ2n) is 9.17. The van der Waals surface area contributed by atoms with Crippen LogP contribution in [0.5, 0.6) is 0 Å². The van der Waals surface area contributed by atoms with Gasteiger partial charge in [-0.1, -0.05) is 24.3 Å². The Bertz CT molecular complexity index is 1460. The van der Waals surface area contributed by atoms with Gasteiger partial charge in [-0.2, -0.15) is 26.3 Å². The number of sulfone groups is 1. The molecule has 1 saturated heterocycles. The van der Waals surface area contributed by atoms with E-state index in [1.165, 1.54) is 23.6 Å². The number of benzene rings is 2. The molecule has 40 heavy (non-hydrogen) atoms. The minimum Gasteiger partial charge on any atom is -0.340 e. The molecule has 1 aliphatic rings. The Balaban J connectivity index is 1.79. The molecule has 15 heteroatoms. The Hall–Kier alpha value is -3.62. The summed E-state index contributed by atoms with van der Waals surface area (Å²) in [6, 6.07) is 5.41. The van der Waals surface area contributed by atoms with Crippen LogP contribution in [0.2, 0.25) is 0 Å². The molecule has 1 aromatic heterocycles. The summed E-state index contributed by atoms with van der Waals surface area (Å²) in [6.07, 6.45) is -9.27. The van der Waals surface area contributed by atoms with Crippen LogP contribution in [0.3, 0.4) is 0 Å². The SMILES string of the molecule is O=C(Cc1cncnc1)N1CCC(c2ccc(C(F)(C(F)(F)F)C(F)(F)F)cc2)(S(=O)(=O)c2ccc(F)cc2)C1. The molecule has 1 unspecified atom stereocenters. The number of amides is 1. The van der Waals surface area contributed by atoms with Crippen LogP contribution in [0, 0.1) is 5.82 Å². The van der Waals surface area contributed by atoms with E-state index in [2.05, 4.69) is 9.97 Å². The smallest absolute Gasteiger partial charge is 0.340 e. The first kappa shape index (κ1) is 29.4. The summed E-state index contributed by atoms with van der Waals surface area (Å²) in [5.41, 5.74) is -7.36. The van der Waals surface area contributed by atoms with Crippen LogP contribution in [0.25, 0.3) is 0 Å². The summed E-state index contributed by atoms with van der Waals surface area (Å²) in [6.45, 7) is -0.676. The number of carbonyl (C=O) groups is 1. The number of nitrogens with zero attached hydrogens (tertiary/aromatic N) is 3. The summed E-state index contributed by atoms with van der Waals surface area (Å²) < 4.78 is 133. The standard InChI is InChI=1S/C25H19F8N3O3S/c26-19-5-7-20(8-6-19)40(38,39)22(9-10-36(14-22)21(37)11-16-12-34-15-35-13-16)17-1-3-18(4-2-17)23(27,24(28,29)30)25(31,32)33/h1-8,12-13,15H,9-11,14H2. The molecular formula is C25H19F8N3O3S. The van der Waals surface area contributed by atoms with Gasteiger partial charge in [0.15, 0.2) is 9.84 Å². The highest BCUT2D eigenvalue weighted by Crippen LogP contribution is 2.53. The molecule has 214 valence electrons. The van der Waals surface area contributed by atoms with E-state index in [1.54, 1.807) is 0 Å². The maximum absolute atomic E-state index is 14.6. The number of hydrogen-bond acceptors (Lipinski definition) is 5. The van der Waals surface area contributed by atoms with Gasteiger partial charge in [0, 0.05) is 31.0 Å². The third-order valence-corrected chi connectivity index (χ3v) is 9.27. The first-order chi connectivity index (χ1) is 18.5. The van der Waals surface area contributed by atoms with E-state index in [1.807, 2.05) is 0 Å². The Morgan fingerprint density at radius 1 is 0.875 bits per heavy atom. The predicted octanol–water partition coefficient (Wildman–Crippen LogP) is 5.05. The topological polar surface area (TPSA) is 80.2 Å². The number of rotatable bonds is 6. The van der Waals surface area contributed by atoms with Crippen molar-refractivity contribution in [2.75, 3.05) is 13.1 Å². The van der Waals surface area contributed by atoms with Crippen molar-refractivity contribution in [3.63, 3.8) is 0 Å². The van der Waals surface area contributed by atoms with Crippen molar-refractivity contribution in [1.82, 2.24) is 14.9 Å². The maximum Gasteiger partial charge on any atom is 0.435 e. The van der Waals surface area contributed by atoms with Crippen molar-refractivity contribution >= 4 is 15.7 Å². The Kier molecular flexibility index (Phi) is 7.41. The highest BCUT2D eigenvalue weighted by molar-refractivity contribution is 7.92. The van der Waals surface area contributed by atoms with E-state index >= 15 is 0 Å². The quantitative estimate of drug-likeness (QED) is 0.295. The largest absolute Gasteiger partial charge is 0.435 e. The Morgan fingerprint density at radius 3 is 1.95 bits per heavy atom. The molecule has 0 bridgehead atoms. The van der Waals surface area contributed by atoms with Crippen molar-refractivity contribution in [1.29, 1.82) is 0 Å². The van der Waals surface area contributed by atoms with Gasteiger partial charge in [-0.25, -0.2) is 27.2 Å². The van der Waals surface area contributed by atoms with Crippen LogP contribution < -0.4 is 0 Å². The van der Waals surface area contributed by atoms with E-state index in [0.29, 0.717) is 17.7 Å². The van der Waals surface area contributed by atoms with Gasteiger partial charge in [-0.3, -0.25) is 4.79 Å². The molecule has 6 nitrogen and oxygen atoms in total. The molecule has 0 spiro atoms. The van der Waals surface area contributed by atoms with Crippen molar-refractivity contribution in [3.05, 3.63) is 89.8 Å². The first-order valence-electron chi connectivity index (χ1n) is 11.5. The van der Waals surface area contributed by atoms with Crippen LogP contribution in [-0.4, -0.2) is 54.6 Å². The van der Waals surface area contributed by atoms with Crippen molar-refractivity contribution in [2.24, 2.45) is 0 Å². The van der Waals surface area contributed by atoms with Crippen LogP contribution in [0.1, 0.15) is 23.1 Å². The monoisotopic (exact) mass is 593 g/mol. The number of likely N-dealkylation sites (tertiary alicyclic amines) is 1. The van der Waals surface area contributed by atoms with Gasteiger partial charge < -0.3 is 4.90 Å². The molecule has 1 aliphatic heterocycles. The molecule has 3 aromatic rings. The van der Waals surface area contributed by atoms with Crippen molar-refractivity contribution < 1.29 is 48.3 Å². The maximum atomic E-state index is 14.6. The van der Waals surface area contributed by atoms with Crippen LogP contribution in [0.4, 0.5) is 35.1 Å². The minimum atomic E-state index is -6.36. The summed E-state index contributed by atoms with van der Waals surface area (Å²) in [5.74, 6) is -1.30. The lowest BCUT2D eigenvalue weighted by Gasteiger charge is -2.32. The van der Waals surface area contributed by atoms with Gasteiger partial charge in [-0.05, 0) is 41.8 Å². The van der Waals surface area contributed by atoms with Gasteiger partial charge >= 0.3 is 18.0 Å². The molecule has 0 radical (unpaired) electrons. The lowest BCUT2D eigenvalue weighted by atomic mass is 9.90. The van der Waals surface area contributed by atoms with Gasteiger partial charge in [-0.15, -0.1) is 0 Å². The second-order valence-corrected chi connectivity index (χ2v) is 11.4. The lowest BCUT2D eigenvalue weighted by molar-refractivity contribution is -0.348. The predicted molar refractivity (Wildman–Crippen MR) is 124 cm³/mol. The highest BCUT2D eigenvalue weighted by atomic mass is 32.2. The Morgan fingerprint density at radius 2 is 1.43 bits per heavy atom. The van der Waals surface area contributed by atoms with Gasteiger partial charge in [0.05, 0.1) is 11.3 Å². The fourth-order valence-corrected chi connectivity index (χ4v) is 6.72. The number of hydrogen-bond donors (Lipinski definition) is 0.